The smallest absolute Gasteiger partial charge is 0.0451 e. The molecule has 0 saturated heterocycles. The first-order chi connectivity index (χ1) is 5.27. The third-order valence-electron chi connectivity index (χ3n) is 1.57. The van der Waals surface area contributed by atoms with E-state index in [0.29, 0.717) is 18.1 Å². The van der Waals surface area contributed by atoms with E-state index in [0.717, 1.165) is 11.1 Å². The van der Waals surface area contributed by atoms with Crippen molar-refractivity contribution in [2.45, 2.75) is 13.1 Å². The van der Waals surface area contributed by atoms with Gasteiger partial charge in [-0.1, -0.05) is 23.7 Å². The molecule has 0 fully saturated rings. The second-order valence-corrected chi connectivity index (χ2v) is 2.74. The van der Waals surface area contributed by atoms with Crippen LogP contribution in [0.5, 0.6) is 0 Å². The molecule has 0 aliphatic carbocycles. The van der Waals surface area contributed by atoms with Crippen molar-refractivity contribution in [3.05, 3.63) is 34.3 Å². The van der Waals surface area contributed by atoms with Crippen LogP contribution in [-0.2, 0) is 13.1 Å². The summed E-state index contributed by atoms with van der Waals surface area (Å²) >= 11 is 5.83. The first-order valence-electron chi connectivity index (χ1n) is 3.45. The highest BCUT2D eigenvalue weighted by atomic mass is 35.5. The molecule has 3 heteroatoms. The Morgan fingerprint density at radius 3 is 2.45 bits per heavy atom. The molecule has 60 valence electrons. The van der Waals surface area contributed by atoms with E-state index < -0.39 is 0 Å². The third kappa shape index (κ3) is 1.93. The van der Waals surface area contributed by atoms with Gasteiger partial charge in [0.15, 0.2) is 0 Å². The topological polar surface area (TPSA) is 52.0 Å². The summed E-state index contributed by atoms with van der Waals surface area (Å²) in [5.74, 6) is 0. The molecule has 4 N–H and O–H groups in total. The second-order valence-electron chi connectivity index (χ2n) is 2.33. The SMILES string of the molecule is NCc1ccc(Cl)c(CN)c1. The largest absolute Gasteiger partial charge is 0.326 e. The molecule has 0 spiro atoms. The van der Waals surface area contributed by atoms with Gasteiger partial charge in [0.1, 0.15) is 0 Å². The highest BCUT2D eigenvalue weighted by Gasteiger charge is 1.97. The molecular weight excluding hydrogens is 160 g/mol. The maximum atomic E-state index is 5.83. The molecule has 0 atom stereocenters. The van der Waals surface area contributed by atoms with Gasteiger partial charge in [-0.25, -0.2) is 0 Å². The Bertz CT molecular complexity index is 248. The Morgan fingerprint density at radius 1 is 1.18 bits per heavy atom. The maximum absolute atomic E-state index is 5.83. The van der Waals surface area contributed by atoms with Crippen molar-refractivity contribution >= 4 is 11.6 Å². The lowest BCUT2D eigenvalue weighted by molar-refractivity contribution is 1.03. The van der Waals surface area contributed by atoms with Crippen molar-refractivity contribution in [1.82, 2.24) is 0 Å². The third-order valence-corrected chi connectivity index (χ3v) is 1.93. The van der Waals surface area contributed by atoms with E-state index in [4.69, 9.17) is 23.1 Å². The number of hydrogen-bond acceptors (Lipinski definition) is 2. The van der Waals surface area contributed by atoms with Crippen LogP contribution in [0.1, 0.15) is 11.1 Å². The fraction of sp³-hybridized carbons (Fsp3) is 0.250. The lowest BCUT2D eigenvalue weighted by Crippen LogP contribution is -2.01. The lowest BCUT2D eigenvalue weighted by Gasteiger charge is -2.02. The molecule has 1 rings (SSSR count). The molecule has 0 bridgehead atoms. The van der Waals surface area contributed by atoms with E-state index >= 15 is 0 Å². The quantitative estimate of drug-likeness (QED) is 0.702. The Balaban J connectivity index is 3.02. The second kappa shape index (κ2) is 3.72. The fourth-order valence-electron chi connectivity index (χ4n) is 0.911. The minimum absolute atomic E-state index is 0.465. The zero-order chi connectivity index (χ0) is 8.27. The monoisotopic (exact) mass is 170 g/mol. The van der Waals surface area contributed by atoms with Crippen LogP contribution in [0.25, 0.3) is 0 Å². The first kappa shape index (κ1) is 8.53. The summed E-state index contributed by atoms with van der Waals surface area (Å²) in [5.41, 5.74) is 12.9. The van der Waals surface area contributed by atoms with Crippen molar-refractivity contribution in [3.8, 4) is 0 Å². The molecule has 2 nitrogen and oxygen atoms in total. The Kier molecular flexibility index (Phi) is 2.88. The molecule has 0 aliphatic rings. The van der Waals surface area contributed by atoms with E-state index in [9.17, 15) is 0 Å². The molecule has 1 aromatic carbocycles. The number of nitrogens with two attached hydrogens (primary N) is 2. The average Bonchev–Trinajstić information content (AvgIpc) is 2.05. The van der Waals surface area contributed by atoms with Gasteiger partial charge in [-0.3, -0.25) is 0 Å². The van der Waals surface area contributed by atoms with E-state index in [1.165, 1.54) is 0 Å². The van der Waals surface area contributed by atoms with Crippen LogP contribution in [0.3, 0.4) is 0 Å². The molecule has 0 unspecified atom stereocenters. The molecule has 1 aromatic rings. The first-order valence-corrected chi connectivity index (χ1v) is 3.83. The summed E-state index contributed by atoms with van der Waals surface area (Å²) in [5, 5.41) is 0.713. The van der Waals surface area contributed by atoms with Gasteiger partial charge in [0, 0.05) is 18.1 Å². The minimum Gasteiger partial charge on any atom is -0.326 e. The van der Waals surface area contributed by atoms with Crippen molar-refractivity contribution in [2.75, 3.05) is 0 Å². The molecular formula is C8H11ClN2. The summed E-state index contributed by atoms with van der Waals surface area (Å²) in [6.45, 7) is 0.997. The van der Waals surface area contributed by atoms with Crippen molar-refractivity contribution < 1.29 is 0 Å². The number of rotatable bonds is 2. The Hall–Kier alpha value is -0.570. The normalized spacial score (nSPS) is 10.1. The van der Waals surface area contributed by atoms with Crippen LogP contribution in [0.4, 0.5) is 0 Å². The van der Waals surface area contributed by atoms with Gasteiger partial charge in [-0.05, 0) is 17.2 Å². The van der Waals surface area contributed by atoms with E-state index in [1.807, 2.05) is 18.2 Å². The highest BCUT2D eigenvalue weighted by Crippen LogP contribution is 2.16. The van der Waals surface area contributed by atoms with E-state index in [-0.39, 0.29) is 0 Å². The molecule has 0 heterocycles. The van der Waals surface area contributed by atoms with Gasteiger partial charge >= 0.3 is 0 Å². The molecule has 0 amide bonds. The van der Waals surface area contributed by atoms with Gasteiger partial charge < -0.3 is 11.5 Å². The van der Waals surface area contributed by atoms with Crippen LogP contribution in [0.2, 0.25) is 5.02 Å². The molecule has 0 aliphatic heterocycles. The standard InChI is InChI=1S/C8H11ClN2/c9-8-2-1-6(4-10)3-7(8)5-11/h1-3H,4-5,10-11H2. The zero-order valence-electron chi connectivity index (χ0n) is 6.18. The van der Waals surface area contributed by atoms with Crippen LogP contribution < -0.4 is 11.5 Å². The van der Waals surface area contributed by atoms with Gasteiger partial charge in [-0.2, -0.15) is 0 Å². The van der Waals surface area contributed by atoms with Gasteiger partial charge in [-0.15, -0.1) is 0 Å². The van der Waals surface area contributed by atoms with Crippen molar-refractivity contribution in [3.63, 3.8) is 0 Å². The predicted molar refractivity (Wildman–Crippen MR) is 47.2 cm³/mol. The minimum atomic E-state index is 0.465. The lowest BCUT2D eigenvalue weighted by atomic mass is 10.1. The summed E-state index contributed by atoms with van der Waals surface area (Å²) in [6, 6.07) is 5.66. The summed E-state index contributed by atoms with van der Waals surface area (Å²) < 4.78 is 0. The summed E-state index contributed by atoms with van der Waals surface area (Å²) in [6.07, 6.45) is 0. The van der Waals surface area contributed by atoms with E-state index in [2.05, 4.69) is 0 Å². The number of halogens is 1. The molecule has 0 radical (unpaired) electrons. The molecule has 0 aromatic heterocycles. The van der Waals surface area contributed by atoms with Gasteiger partial charge in [0.05, 0.1) is 0 Å². The zero-order valence-corrected chi connectivity index (χ0v) is 6.93. The fourth-order valence-corrected chi connectivity index (χ4v) is 1.11. The van der Waals surface area contributed by atoms with Gasteiger partial charge in [0.25, 0.3) is 0 Å². The van der Waals surface area contributed by atoms with E-state index in [1.54, 1.807) is 0 Å². The Morgan fingerprint density at radius 2 is 1.91 bits per heavy atom. The summed E-state index contributed by atoms with van der Waals surface area (Å²) in [4.78, 5) is 0. The van der Waals surface area contributed by atoms with Crippen LogP contribution in [-0.4, -0.2) is 0 Å². The van der Waals surface area contributed by atoms with Crippen LogP contribution >= 0.6 is 11.6 Å². The Labute approximate surface area is 71.1 Å². The van der Waals surface area contributed by atoms with Crippen molar-refractivity contribution in [2.24, 2.45) is 11.5 Å². The molecule has 11 heavy (non-hydrogen) atoms. The highest BCUT2D eigenvalue weighted by molar-refractivity contribution is 6.31. The van der Waals surface area contributed by atoms with Gasteiger partial charge in [0.2, 0.25) is 0 Å². The number of benzene rings is 1. The van der Waals surface area contributed by atoms with Crippen LogP contribution in [0.15, 0.2) is 18.2 Å². The maximum Gasteiger partial charge on any atom is 0.0451 e. The average molecular weight is 171 g/mol. The summed E-state index contributed by atoms with van der Waals surface area (Å²) in [7, 11) is 0. The number of hydrogen-bond donors (Lipinski definition) is 2. The molecule has 0 saturated carbocycles. The van der Waals surface area contributed by atoms with Crippen LogP contribution in [0, 0.1) is 0 Å². The predicted octanol–water partition coefficient (Wildman–Crippen LogP) is 1.26. The van der Waals surface area contributed by atoms with Crippen molar-refractivity contribution in [1.29, 1.82) is 0 Å².